The van der Waals surface area contributed by atoms with E-state index in [4.69, 9.17) is 0 Å². The molecule has 4 nitrogen and oxygen atoms in total. The third-order valence-electron chi connectivity index (χ3n) is 3.25. The molecular weight excluding hydrogens is 297 g/mol. The second kappa shape index (κ2) is 4.87. The molecule has 0 atom stereocenters. The molecule has 0 aliphatic carbocycles. The first kappa shape index (κ1) is 14.1. The second-order valence-corrected chi connectivity index (χ2v) is 4.72. The van der Waals surface area contributed by atoms with Gasteiger partial charge in [0.05, 0.1) is 16.6 Å². The fourth-order valence-electron chi connectivity index (χ4n) is 2.26. The number of aromatic amines is 2. The van der Waals surface area contributed by atoms with Crippen LogP contribution in [0, 0.1) is 0 Å². The van der Waals surface area contributed by atoms with Gasteiger partial charge in [0, 0.05) is 0 Å². The molecule has 1 heterocycles. The van der Waals surface area contributed by atoms with Gasteiger partial charge in [0.15, 0.2) is 0 Å². The van der Waals surface area contributed by atoms with Gasteiger partial charge in [0.2, 0.25) is 0 Å². The number of halogens is 3. The van der Waals surface area contributed by atoms with Crippen molar-refractivity contribution in [2.24, 2.45) is 0 Å². The zero-order valence-electron chi connectivity index (χ0n) is 11.0. The van der Waals surface area contributed by atoms with E-state index in [2.05, 4.69) is 9.97 Å². The zero-order chi connectivity index (χ0) is 15.9. The minimum atomic E-state index is -4.59. The van der Waals surface area contributed by atoms with Gasteiger partial charge < -0.3 is 9.97 Å². The average Bonchev–Trinajstić information content (AvgIpc) is 2.47. The lowest BCUT2D eigenvalue weighted by Gasteiger charge is -2.14. The maximum atomic E-state index is 13.3. The highest BCUT2D eigenvalue weighted by molar-refractivity contribution is 5.84. The lowest BCUT2D eigenvalue weighted by molar-refractivity contribution is -0.137. The Labute approximate surface area is 121 Å². The third-order valence-corrected chi connectivity index (χ3v) is 3.25. The summed E-state index contributed by atoms with van der Waals surface area (Å²) in [5, 5.41) is 0. The van der Waals surface area contributed by atoms with Crippen molar-refractivity contribution < 1.29 is 13.2 Å². The molecule has 0 radical (unpaired) electrons. The van der Waals surface area contributed by atoms with Crippen LogP contribution in [-0.4, -0.2) is 9.97 Å². The smallest absolute Gasteiger partial charge is 0.316 e. The van der Waals surface area contributed by atoms with Crippen LogP contribution in [0.1, 0.15) is 5.56 Å². The molecule has 112 valence electrons. The molecule has 0 unspecified atom stereocenters. The van der Waals surface area contributed by atoms with Gasteiger partial charge in [-0.1, -0.05) is 30.3 Å². The Balaban J connectivity index is 2.41. The average molecular weight is 306 g/mol. The summed E-state index contributed by atoms with van der Waals surface area (Å²) in [4.78, 5) is 27.0. The van der Waals surface area contributed by atoms with Crippen LogP contribution in [0.15, 0.2) is 52.1 Å². The number of hydrogen-bond acceptors (Lipinski definition) is 2. The lowest BCUT2D eigenvalue weighted by Crippen LogP contribution is -2.29. The molecule has 1 aromatic heterocycles. The van der Waals surface area contributed by atoms with Gasteiger partial charge in [0.1, 0.15) is 0 Å². The molecule has 7 heteroatoms. The van der Waals surface area contributed by atoms with E-state index in [-0.39, 0.29) is 16.6 Å². The van der Waals surface area contributed by atoms with Crippen LogP contribution in [-0.2, 0) is 6.18 Å². The Hall–Kier alpha value is -2.83. The minimum Gasteiger partial charge on any atom is -0.316 e. The summed E-state index contributed by atoms with van der Waals surface area (Å²) >= 11 is 0. The zero-order valence-corrected chi connectivity index (χ0v) is 11.0. The van der Waals surface area contributed by atoms with Crippen molar-refractivity contribution in [2.45, 2.75) is 6.18 Å². The van der Waals surface area contributed by atoms with Gasteiger partial charge in [-0.05, 0) is 23.3 Å². The van der Waals surface area contributed by atoms with Crippen LogP contribution in [0.5, 0.6) is 0 Å². The maximum Gasteiger partial charge on any atom is 0.417 e. The van der Waals surface area contributed by atoms with Crippen molar-refractivity contribution in [1.82, 2.24) is 9.97 Å². The fourth-order valence-corrected chi connectivity index (χ4v) is 2.26. The molecule has 0 saturated carbocycles. The molecule has 0 spiro atoms. The third kappa shape index (κ3) is 2.41. The summed E-state index contributed by atoms with van der Waals surface area (Å²) < 4.78 is 39.8. The number of hydrogen-bond donors (Lipinski definition) is 2. The molecule has 0 amide bonds. The summed E-state index contributed by atoms with van der Waals surface area (Å²) in [6.45, 7) is 0. The van der Waals surface area contributed by atoms with Crippen LogP contribution in [0.25, 0.3) is 22.2 Å². The highest BCUT2D eigenvalue weighted by Crippen LogP contribution is 2.38. The van der Waals surface area contributed by atoms with Gasteiger partial charge >= 0.3 is 17.3 Å². The maximum absolute atomic E-state index is 13.3. The highest BCUT2D eigenvalue weighted by Gasteiger charge is 2.34. The van der Waals surface area contributed by atoms with Gasteiger partial charge in [-0.25, -0.2) is 0 Å². The van der Waals surface area contributed by atoms with E-state index >= 15 is 0 Å². The van der Waals surface area contributed by atoms with Crippen molar-refractivity contribution in [3.63, 3.8) is 0 Å². The van der Waals surface area contributed by atoms with Crippen LogP contribution in [0.4, 0.5) is 13.2 Å². The predicted octanol–water partition coefficient (Wildman–Crippen LogP) is 2.90. The Bertz CT molecular complexity index is 956. The van der Waals surface area contributed by atoms with Crippen LogP contribution in [0.2, 0.25) is 0 Å². The molecule has 0 bridgehead atoms. The first-order valence-electron chi connectivity index (χ1n) is 6.29. The standard InChI is InChI=1S/C15H9F3N2O2/c16-15(17,18)10-7-12-11(19-13(21)14(22)20-12)6-9(10)8-4-2-1-3-5-8/h1-7H,(H,19,21)(H,20,22). The Morgan fingerprint density at radius 3 is 1.91 bits per heavy atom. The quantitative estimate of drug-likeness (QED) is 0.679. The van der Waals surface area contributed by atoms with E-state index < -0.39 is 22.9 Å². The van der Waals surface area contributed by atoms with Gasteiger partial charge in [0.25, 0.3) is 0 Å². The van der Waals surface area contributed by atoms with Crippen molar-refractivity contribution in [1.29, 1.82) is 0 Å². The molecule has 3 rings (SSSR count). The van der Waals surface area contributed by atoms with Crippen molar-refractivity contribution in [3.05, 3.63) is 68.7 Å². The van der Waals surface area contributed by atoms with Crippen LogP contribution >= 0.6 is 0 Å². The van der Waals surface area contributed by atoms with Crippen LogP contribution in [0.3, 0.4) is 0 Å². The number of benzene rings is 2. The van der Waals surface area contributed by atoms with Gasteiger partial charge in [-0.3, -0.25) is 9.59 Å². The van der Waals surface area contributed by atoms with E-state index in [0.717, 1.165) is 6.07 Å². The summed E-state index contributed by atoms with van der Waals surface area (Å²) in [6, 6.07) is 10.1. The summed E-state index contributed by atoms with van der Waals surface area (Å²) in [5.41, 5.74) is -2.42. The Morgan fingerprint density at radius 2 is 1.36 bits per heavy atom. The summed E-state index contributed by atoms with van der Waals surface area (Å²) in [5.74, 6) is 0. The number of rotatable bonds is 1. The number of alkyl halides is 3. The van der Waals surface area contributed by atoms with Crippen molar-refractivity contribution >= 4 is 11.0 Å². The molecule has 0 aliphatic heterocycles. The van der Waals surface area contributed by atoms with E-state index in [0.29, 0.717) is 5.56 Å². The van der Waals surface area contributed by atoms with E-state index in [1.165, 1.54) is 6.07 Å². The normalized spacial score (nSPS) is 11.8. The van der Waals surface area contributed by atoms with Crippen molar-refractivity contribution in [2.75, 3.05) is 0 Å². The molecule has 0 saturated heterocycles. The molecule has 2 N–H and O–H groups in total. The largest absolute Gasteiger partial charge is 0.417 e. The summed E-state index contributed by atoms with van der Waals surface area (Å²) in [7, 11) is 0. The first-order valence-corrected chi connectivity index (χ1v) is 6.29. The topological polar surface area (TPSA) is 65.7 Å². The molecule has 2 aromatic carbocycles. The second-order valence-electron chi connectivity index (χ2n) is 4.72. The van der Waals surface area contributed by atoms with E-state index in [9.17, 15) is 22.8 Å². The monoisotopic (exact) mass is 306 g/mol. The number of aromatic nitrogens is 2. The van der Waals surface area contributed by atoms with Crippen LogP contribution < -0.4 is 11.1 Å². The predicted molar refractivity (Wildman–Crippen MR) is 75.6 cm³/mol. The molecule has 0 fully saturated rings. The minimum absolute atomic E-state index is 0.0664. The Morgan fingerprint density at radius 1 is 0.818 bits per heavy atom. The summed E-state index contributed by atoms with van der Waals surface area (Å²) in [6.07, 6.45) is -4.59. The Kier molecular flexibility index (Phi) is 3.13. The molecular formula is C15H9F3N2O2. The number of fused-ring (bicyclic) bond motifs is 1. The lowest BCUT2D eigenvalue weighted by atomic mass is 9.98. The number of H-pyrrole nitrogens is 2. The van der Waals surface area contributed by atoms with Crippen molar-refractivity contribution in [3.8, 4) is 11.1 Å². The van der Waals surface area contributed by atoms with Gasteiger partial charge in [-0.15, -0.1) is 0 Å². The molecule has 22 heavy (non-hydrogen) atoms. The number of nitrogens with one attached hydrogen (secondary N) is 2. The first-order chi connectivity index (χ1) is 10.4. The SMILES string of the molecule is O=c1[nH]c2cc(-c3ccccc3)c(C(F)(F)F)cc2[nH]c1=O. The van der Waals surface area contributed by atoms with Gasteiger partial charge in [-0.2, -0.15) is 13.2 Å². The fraction of sp³-hybridized carbons (Fsp3) is 0.0667. The molecule has 3 aromatic rings. The van der Waals surface area contributed by atoms with E-state index in [1.807, 2.05) is 0 Å². The highest BCUT2D eigenvalue weighted by atomic mass is 19.4. The van der Waals surface area contributed by atoms with E-state index in [1.54, 1.807) is 30.3 Å². The molecule has 0 aliphatic rings.